The molecule has 0 aliphatic heterocycles. The fourth-order valence-electron chi connectivity index (χ4n) is 9.88. The number of hydrogen-bond donors (Lipinski definition) is 2. The number of rotatable bonds is 5. The highest BCUT2D eigenvalue weighted by Gasteiger charge is 2.61. The molecule has 2 heterocycles. The Bertz CT molecular complexity index is 1310. The molecule has 40 heavy (non-hydrogen) atoms. The van der Waals surface area contributed by atoms with E-state index in [1.807, 2.05) is 6.92 Å². The van der Waals surface area contributed by atoms with Gasteiger partial charge in [-0.3, -0.25) is 4.79 Å². The van der Waals surface area contributed by atoms with Crippen LogP contribution in [0.5, 0.6) is 0 Å². The van der Waals surface area contributed by atoms with E-state index >= 15 is 0 Å². The smallest absolute Gasteiger partial charge is 0.201 e. The highest BCUT2D eigenvalue weighted by molar-refractivity contribution is 5.85. The minimum Gasteiger partial charge on any atom is -0.390 e. The summed E-state index contributed by atoms with van der Waals surface area (Å²) in [5.41, 5.74) is 0.0527. The molecule has 6 rings (SSSR count). The first-order valence-corrected chi connectivity index (χ1v) is 15.0. The SMILES string of the molecule is CN[C@]12CC[C@H]3C4CCC[C@H](C(=O)C(n5cc(C#N)cn5)n5cc(C#N)cn5)[C@@]4(C)CC[C@@H]3[C@H]1CC[C@@](C)(O)C2. The first kappa shape index (κ1) is 27.2. The van der Waals surface area contributed by atoms with Crippen molar-refractivity contribution < 1.29 is 9.90 Å². The van der Waals surface area contributed by atoms with Gasteiger partial charge in [0, 0.05) is 23.9 Å². The normalized spacial score (nSPS) is 38.9. The van der Waals surface area contributed by atoms with Crippen LogP contribution in [0, 0.1) is 57.7 Å². The van der Waals surface area contributed by atoms with E-state index in [0.717, 1.165) is 64.2 Å². The lowest BCUT2D eigenvalue weighted by atomic mass is 9.43. The predicted molar refractivity (Wildman–Crippen MR) is 147 cm³/mol. The molecule has 2 aromatic rings. The number of fused-ring (bicyclic) bond motifs is 5. The van der Waals surface area contributed by atoms with Crippen LogP contribution < -0.4 is 5.32 Å². The lowest BCUT2D eigenvalue weighted by molar-refractivity contribution is -0.156. The van der Waals surface area contributed by atoms with Crippen molar-refractivity contribution >= 4 is 5.78 Å². The molecule has 0 amide bonds. The number of aromatic nitrogens is 4. The monoisotopic (exact) mass is 543 g/mol. The van der Waals surface area contributed by atoms with Crippen molar-refractivity contribution in [2.24, 2.45) is 35.0 Å². The van der Waals surface area contributed by atoms with Gasteiger partial charge in [0.2, 0.25) is 6.17 Å². The van der Waals surface area contributed by atoms with Gasteiger partial charge in [-0.15, -0.1) is 0 Å². The minimum atomic E-state index is -0.827. The standard InChI is InChI=1S/C31H41N7O2/c1-29(40)10-9-25-23-7-11-30(2)24(22(23)8-12-31(25,19-29)34-3)5-4-6-26(30)27(39)28(37-17-20(13-32)15-35-37)38-18-21(14-33)16-36-38/h15-18,22-26,28,34,40H,4-12,19H2,1-3H3/t22-,23+,24?,25-,26-,29-,30+,31+/m1/s1. The Labute approximate surface area is 236 Å². The van der Waals surface area contributed by atoms with Gasteiger partial charge in [-0.05, 0) is 101 Å². The van der Waals surface area contributed by atoms with E-state index in [4.69, 9.17) is 0 Å². The van der Waals surface area contributed by atoms with Gasteiger partial charge in [-0.2, -0.15) is 20.7 Å². The molecule has 0 radical (unpaired) electrons. The summed E-state index contributed by atoms with van der Waals surface area (Å²) in [6, 6.07) is 4.22. The van der Waals surface area contributed by atoms with Crippen LogP contribution in [0.2, 0.25) is 0 Å². The Morgan fingerprint density at radius 3 is 2.20 bits per heavy atom. The summed E-state index contributed by atoms with van der Waals surface area (Å²) < 4.78 is 3.09. The number of carbonyl (C=O) groups is 1. The van der Waals surface area contributed by atoms with E-state index < -0.39 is 11.8 Å². The largest absolute Gasteiger partial charge is 0.390 e. The molecule has 4 aliphatic rings. The second-order valence-corrected chi connectivity index (χ2v) is 13.6. The maximum Gasteiger partial charge on any atom is 0.201 e. The Balaban J connectivity index is 1.31. The summed E-state index contributed by atoms with van der Waals surface area (Å²) in [4.78, 5) is 14.6. The Kier molecular flexibility index (Phi) is 6.67. The van der Waals surface area contributed by atoms with Gasteiger partial charge in [-0.1, -0.05) is 13.3 Å². The molecule has 0 bridgehead atoms. The fraction of sp³-hybridized carbons (Fsp3) is 0.710. The number of carbonyl (C=O) groups excluding carboxylic acids is 1. The molecule has 2 aromatic heterocycles. The number of nitrogens with zero attached hydrogens (tertiary/aromatic N) is 6. The maximum atomic E-state index is 14.6. The van der Waals surface area contributed by atoms with E-state index in [2.05, 4.69) is 41.6 Å². The summed E-state index contributed by atoms with van der Waals surface area (Å²) in [5, 5.41) is 42.3. The molecule has 1 unspecified atom stereocenters. The Hall–Kier alpha value is -3.01. The summed E-state index contributed by atoms with van der Waals surface area (Å²) >= 11 is 0. The van der Waals surface area contributed by atoms with Gasteiger partial charge < -0.3 is 10.4 Å². The molecule has 4 aliphatic carbocycles. The molecule has 212 valence electrons. The van der Waals surface area contributed by atoms with Crippen LogP contribution in [0.1, 0.15) is 95.3 Å². The zero-order valence-corrected chi connectivity index (χ0v) is 23.9. The quantitative estimate of drug-likeness (QED) is 0.578. The molecule has 9 heteroatoms. The molecule has 0 spiro atoms. The van der Waals surface area contributed by atoms with Gasteiger partial charge in [0.1, 0.15) is 12.1 Å². The zero-order valence-electron chi connectivity index (χ0n) is 23.9. The van der Waals surface area contributed by atoms with Crippen molar-refractivity contribution in [3.8, 4) is 12.1 Å². The molecule has 2 N–H and O–H groups in total. The van der Waals surface area contributed by atoms with Crippen LogP contribution in [0.15, 0.2) is 24.8 Å². The van der Waals surface area contributed by atoms with Gasteiger partial charge >= 0.3 is 0 Å². The van der Waals surface area contributed by atoms with Gasteiger partial charge in [0.05, 0.1) is 29.1 Å². The highest BCUT2D eigenvalue weighted by atomic mass is 16.3. The maximum absolute atomic E-state index is 14.6. The first-order valence-electron chi connectivity index (χ1n) is 15.0. The topological polar surface area (TPSA) is 133 Å². The van der Waals surface area contributed by atoms with E-state index in [1.54, 1.807) is 21.8 Å². The van der Waals surface area contributed by atoms with Gasteiger partial charge in [-0.25, -0.2) is 9.36 Å². The summed E-state index contributed by atoms with van der Waals surface area (Å²) in [6.45, 7) is 4.35. The third kappa shape index (κ3) is 4.21. The third-order valence-electron chi connectivity index (χ3n) is 11.6. The third-order valence-corrected chi connectivity index (χ3v) is 11.6. The molecule has 4 fully saturated rings. The van der Waals surface area contributed by atoms with Gasteiger partial charge in [0.25, 0.3) is 0 Å². The molecular weight excluding hydrogens is 502 g/mol. The van der Waals surface area contributed by atoms with E-state index in [-0.39, 0.29) is 22.7 Å². The average Bonchev–Trinajstić information content (AvgIpc) is 3.61. The Morgan fingerprint density at radius 1 is 0.975 bits per heavy atom. The lowest BCUT2D eigenvalue weighted by Gasteiger charge is -2.64. The first-order chi connectivity index (χ1) is 19.1. The molecule has 0 aromatic carbocycles. The average molecular weight is 544 g/mol. The lowest BCUT2D eigenvalue weighted by Crippen LogP contribution is -2.65. The number of ketones is 1. The number of nitrogens with one attached hydrogen (secondary N) is 1. The molecule has 8 atom stereocenters. The second kappa shape index (κ2) is 9.82. The predicted octanol–water partition coefficient (Wildman–Crippen LogP) is 4.19. The number of aliphatic hydroxyl groups is 1. The summed E-state index contributed by atoms with van der Waals surface area (Å²) in [6.07, 6.45) is 15.4. The van der Waals surface area contributed by atoms with Gasteiger partial charge in [0.15, 0.2) is 5.78 Å². The summed E-state index contributed by atoms with van der Waals surface area (Å²) in [7, 11) is 2.08. The van der Waals surface area contributed by atoms with Crippen LogP contribution in [-0.4, -0.2) is 48.6 Å². The zero-order chi connectivity index (χ0) is 28.3. The van der Waals surface area contributed by atoms with E-state index in [0.29, 0.717) is 34.8 Å². The summed E-state index contributed by atoms with van der Waals surface area (Å²) in [5.74, 6) is 2.17. The van der Waals surface area contributed by atoms with Crippen molar-refractivity contribution in [2.75, 3.05) is 7.05 Å². The molecule has 0 saturated heterocycles. The van der Waals surface area contributed by atoms with Crippen LogP contribution in [0.3, 0.4) is 0 Å². The van der Waals surface area contributed by atoms with E-state index in [1.165, 1.54) is 12.4 Å². The van der Waals surface area contributed by atoms with Crippen molar-refractivity contribution in [1.29, 1.82) is 10.5 Å². The highest BCUT2D eigenvalue weighted by Crippen LogP contribution is 2.64. The Morgan fingerprint density at radius 2 is 1.60 bits per heavy atom. The van der Waals surface area contributed by atoms with Crippen LogP contribution in [0.25, 0.3) is 0 Å². The van der Waals surface area contributed by atoms with Crippen molar-refractivity contribution in [1.82, 2.24) is 24.9 Å². The van der Waals surface area contributed by atoms with Crippen LogP contribution >= 0.6 is 0 Å². The molecular formula is C31H41N7O2. The fourth-order valence-corrected chi connectivity index (χ4v) is 9.88. The second-order valence-electron chi connectivity index (χ2n) is 13.6. The molecule has 9 nitrogen and oxygen atoms in total. The van der Waals surface area contributed by atoms with Crippen molar-refractivity contribution in [3.63, 3.8) is 0 Å². The molecule has 4 saturated carbocycles. The van der Waals surface area contributed by atoms with Crippen LogP contribution in [0.4, 0.5) is 0 Å². The van der Waals surface area contributed by atoms with Crippen LogP contribution in [-0.2, 0) is 4.79 Å². The van der Waals surface area contributed by atoms with Crippen molar-refractivity contribution in [2.45, 2.75) is 95.4 Å². The number of nitriles is 2. The van der Waals surface area contributed by atoms with E-state index in [9.17, 15) is 20.4 Å². The number of Topliss-reactive ketones (excluding diaryl/α,β-unsaturated/α-hetero) is 1. The van der Waals surface area contributed by atoms with Crippen molar-refractivity contribution in [3.05, 3.63) is 35.9 Å². The minimum absolute atomic E-state index is 0.00270. The number of hydrogen-bond acceptors (Lipinski definition) is 7.